The van der Waals surface area contributed by atoms with Crippen LogP contribution in [0, 0.1) is 0 Å². The summed E-state index contributed by atoms with van der Waals surface area (Å²) in [5.74, 6) is 0.158. The molecule has 5 nitrogen and oxygen atoms in total. The van der Waals surface area contributed by atoms with Crippen LogP contribution in [-0.2, 0) is 0 Å². The van der Waals surface area contributed by atoms with Crippen LogP contribution in [0.4, 0.5) is 5.69 Å². The maximum absolute atomic E-state index is 12.6. The van der Waals surface area contributed by atoms with Gasteiger partial charge in [-0.2, -0.15) is 5.10 Å². The highest BCUT2D eigenvalue weighted by Gasteiger charge is 2.18. The molecule has 1 amide bonds. The molecular weight excluding hydrogens is 404 g/mol. The van der Waals surface area contributed by atoms with Gasteiger partial charge in [-0.3, -0.25) is 9.48 Å². The Kier molecular flexibility index (Phi) is 7.04. The van der Waals surface area contributed by atoms with Gasteiger partial charge < -0.3 is 10.6 Å². The zero-order valence-corrected chi connectivity index (χ0v) is 16.9. The van der Waals surface area contributed by atoms with Gasteiger partial charge in [0.15, 0.2) is 5.69 Å². The van der Waals surface area contributed by atoms with Gasteiger partial charge in [0.2, 0.25) is 0 Å². The molecule has 1 atom stereocenters. The molecule has 2 aromatic rings. The SMILES string of the molecule is CC(C)c1cc(Br)ccc1NC(=O)c1ccn(C2CCCNC2)n1.Cl. The molecule has 1 saturated heterocycles. The lowest BCUT2D eigenvalue weighted by Gasteiger charge is -2.22. The summed E-state index contributed by atoms with van der Waals surface area (Å²) in [4.78, 5) is 12.6. The fourth-order valence-corrected chi connectivity index (χ4v) is 3.41. The first-order valence-corrected chi connectivity index (χ1v) is 9.20. The third kappa shape index (κ3) is 4.84. The van der Waals surface area contributed by atoms with E-state index < -0.39 is 0 Å². The Bertz CT molecular complexity index is 726. The van der Waals surface area contributed by atoms with Crippen molar-refractivity contribution in [3.63, 3.8) is 0 Å². The average Bonchev–Trinajstić information content (AvgIpc) is 3.07. The van der Waals surface area contributed by atoms with Crippen molar-refractivity contribution in [3.8, 4) is 0 Å². The van der Waals surface area contributed by atoms with Gasteiger partial charge in [0.25, 0.3) is 5.91 Å². The number of amides is 1. The molecule has 0 radical (unpaired) electrons. The molecule has 7 heteroatoms. The summed E-state index contributed by atoms with van der Waals surface area (Å²) >= 11 is 3.49. The van der Waals surface area contributed by atoms with E-state index in [1.165, 1.54) is 0 Å². The molecule has 1 aromatic carbocycles. The molecule has 3 rings (SSSR count). The van der Waals surface area contributed by atoms with Crippen molar-refractivity contribution < 1.29 is 4.79 Å². The van der Waals surface area contributed by atoms with E-state index in [1.54, 1.807) is 6.07 Å². The van der Waals surface area contributed by atoms with Gasteiger partial charge >= 0.3 is 0 Å². The quantitative estimate of drug-likeness (QED) is 0.762. The van der Waals surface area contributed by atoms with Gasteiger partial charge in [-0.1, -0.05) is 29.8 Å². The number of nitrogens with one attached hydrogen (secondary N) is 2. The predicted molar refractivity (Wildman–Crippen MR) is 107 cm³/mol. The van der Waals surface area contributed by atoms with Gasteiger partial charge in [-0.15, -0.1) is 12.4 Å². The van der Waals surface area contributed by atoms with Crippen LogP contribution < -0.4 is 10.6 Å². The summed E-state index contributed by atoms with van der Waals surface area (Å²) in [6.45, 7) is 6.20. The van der Waals surface area contributed by atoms with Crippen molar-refractivity contribution in [2.45, 2.75) is 38.6 Å². The van der Waals surface area contributed by atoms with E-state index in [1.807, 2.05) is 29.1 Å². The normalized spacial score (nSPS) is 17.2. The molecule has 0 aliphatic carbocycles. The molecule has 0 spiro atoms. The number of hydrogen-bond donors (Lipinski definition) is 2. The van der Waals surface area contributed by atoms with Crippen LogP contribution in [0.5, 0.6) is 0 Å². The second-order valence-corrected chi connectivity index (χ2v) is 7.44. The Morgan fingerprint density at radius 3 is 2.88 bits per heavy atom. The molecule has 1 aromatic heterocycles. The third-order valence-corrected chi connectivity index (χ3v) is 4.86. The standard InChI is InChI=1S/C18H23BrN4O.ClH/c1-12(2)15-10-13(19)5-6-16(15)21-18(24)17-7-9-23(22-17)14-4-3-8-20-11-14;/h5-7,9-10,12,14,20H,3-4,8,11H2,1-2H3,(H,21,24);1H. The Balaban J connectivity index is 0.00000225. The van der Waals surface area contributed by atoms with Crippen LogP contribution in [0.15, 0.2) is 34.9 Å². The van der Waals surface area contributed by atoms with Crippen molar-refractivity contribution in [1.29, 1.82) is 0 Å². The van der Waals surface area contributed by atoms with E-state index in [2.05, 4.69) is 45.5 Å². The van der Waals surface area contributed by atoms with Crippen LogP contribution in [0.25, 0.3) is 0 Å². The zero-order chi connectivity index (χ0) is 17.1. The minimum atomic E-state index is -0.165. The number of carbonyl (C=O) groups is 1. The van der Waals surface area contributed by atoms with E-state index >= 15 is 0 Å². The number of halogens is 2. The topological polar surface area (TPSA) is 59.0 Å². The maximum Gasteiger partial charge on any atom is 0.276 e. The molecule has 2 N–H and O–H groups in total. The molecule has 136 valence electrons. The maximum atomic E-state index is 12.6. The van der Waals surface area contributed by atoms with Crippen molar-refractivity contribution >= 4 is 39.9 Å². The minimum Gasteiger partial charge on any atom is -0.320 e. The van der Waals surface area contributed by atoms with Crippen molar-refractivity contribution in [2.24, 2.45) is 0 Å². The average molecular weight is 428 g/mol. The van der Waals surface area contributed by atoms with Crippen LogP contribution in [0.3, 0.4) is 0 Å². The van der Waals surface area contributed by atoms with Crippen LogP contribution >= 0.6 is 28.3 Å². The van der Waals surface area contributed by atoms with E-state index in [0.29, 0.717) is 17.7 Å². The number of hydrogen-bond acceptors (Lipinski definition) is 3. The van der Waals surface area contributed by atoms with Crippen LogP contribution in [0.2, 0.25) is 0 Å². The van der Waals surface area contributed by atoms with Crippen LogP contribution in [0.1, 0.15) is 54.7 Å². The van der Waals surface area contributed by atoms with E-state index in [-0.39, 0.29) is 18.3 Å². The van der Waals surface area contributed by atoms with E-state index in [4.69, 9.17) is 0 Å². The first kappa shape index (κ1) is 19.9. The summed E-state index contributed by atoms with van der Waals surface area (Å²) in [6, 6.07) is 8.04. The highest BCUT2D eigenvalue weighted by atomic mass is 79.9. The summed E-state index contributed by atoms with van der Waals surface area (Å²) in [6.07, 6.45) is 4.14. The lowest BCUT2D eigenvalue weighted by atomic mass is 10.0. The number of nitrogens with zero attached hydrogens (tertiary/aromatic N) is 2. The second-order valence-electron chi connectivity index (χ2n) is 6.52. The molecule has 1 fully saturated rings. The molecule has 25 heavy (non-hydrogen) atoms. The van der Waals surface area contributed by atoms with Gasteiger partial charge in [-0.05, 0) is 55.1 Å². The van der Waals surface area contributed by atoms with Crippen molar-refractivity contribution in [1.82, 2.24) is 15.1 Å². The predicted octanol–water partition coefficient (Wildman–Crippen LogP) is 4.37. The second kappa shape index (κ2) is 8.83. The van der Waals surface area contributed by atoms with Gasteiger partial charge in [0, 0.05) is 22.9 Å². The Morgan fingerprint density at radius 1 is 1.40 bits per heavy atom. The zero-order valence-electron chi connectivity index (χ0n) is 14.5. The molecule has 0 bridgehead atoms. The summed E-state index contributed by atoms with van der Waals surface area (Å²) in [5.41, 5.74) is 2.40. The van der Waals surface area contributed by atoms with E-state index in [9.17, 15) is 4.79 Å². The smallest absolute Gasteiger partial charge is 0.276 e. The Labute approximate surface area is 163 Å². The van der Waals surface area contributed by atoms with E-state index in [0.717, 1.165) is 41.7 Å². The minimum absolute atomic E-state index is 0. The largest absolute Gasteiger partial charge is 0.320 e. The van der Waals surface area contributed by atoms with Crippen molar-refractivity contribution in [3.05, 3.63) is 46.2 Å². The summed E-state index contributed by atoms with van der Waals surface area (Å²) in [7, 11) is 0. The number of aromatic nitrogens is 2. The highest BCUT2D eigenvalue weighted by Crippen LogP contribution is 2.28. The summed E-state index contributed by atoms with van der Waals surface area (Å²) < 4.78 is 2.92. The number of rotatable bonds is 4. The number of carbonyl (C=O) groups excluding carboxylic acids is 1. The number of piperidine rings is 1. The Morgan fingerprint density at radius 2 is 2.20 bits per heavy atom. The lowest BCUT2D eigenvalue weighted by Crippen LogP contribution is -2.32. The fraction of sp³-hybridized carbons (Fsp3) is 0.444. The molecule has 1 aliphatic heterocycles. The first-order chi connectivity index (χ1) is 11.5. The number of benzene rings is 1. The molecule has 0 saturated carbocycles. The van der Waals surface area contributed by atoms with Gasteiger partial charge in [0.05, 0.1) is 6.04 Å². The highest BCUT2D eigenvalue weighted by molar-refractivity contribution is 9.10. The third-order valence-electron chi connectivity index (χ3n) is 4.37. The molecular formula is C18H24BrClN4O. The fourth-order valence-electron chi connectivity index (χ4n) is 3.03. The summed E-state index contributed by atoms with van der Waals surface area (Å²) in [5, 5.41) is 10.8. The first-order valence-electron chi connectivity index (χ1n) is 8.41. The van der Waals surface area contributed by atoms with Gasteiger partial charge in [-0.25, -0.2) is 0 Å². The lowest BCUT2D eigenvalue weighted by molar-refractivity contribution is 0.102. The monoisotopic (exact) mass is 426 g/mol. The van der Waals surface area contributed by atoms with Gasteiger partial charge in [0.1, 0.15) is 0 Å². The molecule has 1 unspecified atom stereocenters. The Hall–Kier alpha value is -1.37. The number of anilines is 1. The van der Waals surface area contributed by atoms with Crippen molar-refractivity contribution in [2.75, 3.05) is 18.4 Å². The molecule has 2 heterocycles. The molecule has 1 aliphatic rings. The van der Waals surface area contributed by atoms with Crippen LogP contribution in [-0.4, -0.2) is 28.8 Å².